The minimum atomic E-state index is -4.97. The lowest BCUT2D eigenvalue weighted by Crippen LogP contribution is -2.30. The summed E-state index contributed by atoms with van der Waals surface area (Å²) in [4.78, 5) is 73.3. The normalized spacial score (nSPS) is 13.8. The van der Waals surface area contributed by atoms with Crippen LogP contribution in [0.1, 0.15) is 472 Å². The molecule has 3 N–H and O–H groups in total. The van der Waals surface area contributed by atoms with Crippen molar-refractivity contribution in [1.82, 2.24) is 0 Å². The van der Waals surface area contributed by atoms with E-state index in [1.54, 1.807) is 0 Å². The highest BCUT2D eigenvalue weighted by Gasteiger charge is 2.30. The molecule has 636 valence electrons. The summed E-state index contributed by atoms with van der Waals surface area (Å²) >= 11 is 0. The number of hydrogen-bond acceptors (Lipinski definition) is 15. The lowest BCUT2D eigenvalue weighted by atomic mass is 10.0. The van der Waals surface area contributed by atoms with Crippen LogP contribution in [-0.2, 0) is 65.4 Å². The second-order valence-electron chi connectivity index (χ2n) is 32.6. The number of carbonyl (C=O) groups is 4. The first kappa shape index (κ1) is 105. The van der Waals surface area contributed by atoms with Gasteiger partial charge in [0.15, 0.2) is 12.2 Å². The molecule has 0 aliphatic carbocycles. The van der Waals surface area contributed by atoms with Crippen molar-refractivity contribution in [3.8, 4) is 0 Å². The number of rotatable bonds is 87. The van der Waals surface area contributed by atoms with Crippen LogP contribution < -0.4 is 0 Å². The molecule has 19 heteroatoms. The van der Waals surface area contributed by atoms with Crippen LogP contribution in [0.5, 0.6) is 0 Å². The first-order chi connectivity index (χ1) is 51.9. The van der Waals surface area contributed by atoms with Crippen LogP contribution in [0.4, 0.5) is 0 Å². The summed E-state index contributed by atoms with van der Waals surface area (Å²) in [5.41, 5.74) is 0. The van der Waals surface area contributed by atoms with Gasteiger partial charge >= 0.3 is 39.5 Å². The van der Waals surface area contributed by atoms with Gasteiger partial charge in [-0.15, -0.1) is 0 Å². The van der Waals surface area contributed by atoms with Gasteiger partial charge in [-0.1, -0.05) is 420 Å². The van der Waals surface area contributed by atoms with Crippen LogP contribution >= 0.6 is 15.6 Å². The van der Waals surface area contributed by atoms with Crippen LogP contribution in [0, 0.1) is 11.8 Å². The highest BCUT2D eigenvalue weighted by atomic mass is 31.2. The Labute approximate surface area is 658 Å². The van der Waals surface area contributed by atoms with E-state index in [2.05, 4.69) is 41.5 Å². The average molecular weight is 1560 g/mol. The molecule has 0 radical (unpaired) electrons. The third kappa shape index (κ3) is 81.9. The summed E-state index contributed by atoms with van der Waals surface area (Å²) < 4.78 is 68.9. The Hall–Kier alpha value is -1.94. The Morgan fingerprint density at radius 3 is 0.636 bits per heavy atom. The van der Waals surface area contributed by atoms with Crippen molar-refractivity contribution in [3.63, 3.8) is 0 Å². The molecule has 2 unspecified atom stereocenters. The molecule has 107 heavy (non-hydrogen) atoms. The van der Waals surface area contributed by atoms with Crippen LogP contribution in [0.2, 0.25) is 0 Å². The molecule has 0 aromatic carbocycles. The van der Waals surface area contributed by atoms with E-state index in [-0.39, 0.29) is 25.7 Å². The topological polar surface area (TPSA) is 237 Å². The summed E-state index contributed by atoms with van der Waals surface area (Å²) in [6, 6.07) is 0. The Bertz CT molecular complexity index is 2050. The predicted octanol–water partition coefficient (Wildman–Crippen LogP) is 27.0. The number of hydrogen-bond donors (Lipinski definition) is 3. The number of ether oxygens (including phenoxy) is 4. The van der Waals surface area contributed by atoms with Gasteiger partial charge in [0.25, 0.3) is 0 Å². The first-order valence-corrected chi connectivity index (χ1v) is 48.5. The summed E-state index contributed by atoms with van der Waals surface area (Å²) in [6.07, 6.45) is 72.3. The van der Waals surface area contributed by atoms with Gasteiger partial charge in [0.1, 0.15) is 19.3 Å². The van der Waals surface area contributed by atoms with Gasteiger partial charge in [-0.05, 0) is 37.5 Å². The van der Waals surface area contributed by atoms with Gasteiger partial charge in [0, 0.05) is 25.7 Å². The number of esters is 4. The number of phosphoric ester groups is 2. The maximum absolute atomic E-state index is 13.2. The minimum Gasteiger partial charge on any atom is -0.462 e. The molecule has 5 atom stereocenters. The molecule has 0 aromatic rings. The van der Waals surface area contributed by atoms with Gasteiger partial charge < -0.3 is 33.8 Å². The van der Waals surface area contributed by atoms with Crippen LogP contribution in [0.25, 0.3) is 0 Å². The van der Waals surface area contributed by atoms with Crippen molar-refractivity contribution in [3.05, 3.63) is 0 Å². The summed E-state index contributed by atoms with van der Waals surface area (Å²) in [5.74, 6) is -0.493. The lowest BCUT2D eigenvalue weighted by molar-refractivity contribution is -0.161. The van der Waals surface area contributed by atoms with Gasteiger partial charge in [0.05, 0.1) is 26.4 Å². The zero-order valence-electron chi connectivity index (χ0n) is 70.5. The minimum absolute atomic E-state index is 0.108. The summed E-state index contributed by atoms with van der Waals surface area (Å²) in [7, 11) is -9.93. The molecule has 0 fully saturated rings. The number of unbranched alkanes of at least 4 members (excludes halogenated alkanes) is 57. The van der Waals surface area contributed by atoms with Crippen LogP contribution in [0.15, 0.2) is 0 Å². The molecule has 0 rings (SSSR count). The Morgan fingerprint density at radius 1 is 0.252 bits per heavy atom. The number of aliphatic hydroxyl groups is 1. The maximum atomic E-state index is 13.2. The predicted molar refractivity (Wildman–Crippen MR) is 442 cm³/mol. The molecule has 0 bridgehead atoms. The molecule has 0 aliphatic rings. The Balaban J connectivity index is 5.22. The van der Waals surface area contributed by atoms with Gasteiger partial charge in [-0.25, -0.2) is 9.13 Å². The Kier molecular flexibility index (Phi) is 77.9. The van der Waals surface area contributed by atoms with E-state index >= 15 is 0 Å². The summed E-state index contributed by atoms with van der Waals surface area (Å²) in [6.45, 7) is 9.73. The van der Waals surface area contributed by atoms with Crippen molar-refractivity contribution in [1.29, 1.82) is 0 Å². The molecule has 0 aliphatic heterocycles. The van der Waals surface area contributed by atoms with E-state index in [9.17, 15) is 43.2 Å². The quantitative estimate of drug-likeness (QED) is 0.0222. The smallest absolute Gasteiger partial charge is 0.462 e. The second kappa shape index (κ2) is 79.3. The van der Waals surface area contributed by atoms with Crippen LogP contribution in [-0.4, -0.2) is 96.7 Å². The number of phosphoric acid groups is 2. The first-order valence-electron chi connectivity index (χ1n) is 45.5. The average Bonchev–Trinajstić information content (AvgIpc) is 0.934. The third-order valence-electron chi connectivity index (χ3n) is 20.7. The van der Waals surface area contributed by atoms with Crippen molar-refractivity contribution >= 4 is 39.5 Å². The van der Waals surface area contributed by atoms with Gasteiger partial charge in [-0.2, -0.15) is 0 Å². The monoisotopic (exact) mass is 1560 g/mol. The molecular formula is C88H172O17P2. The largest absolute Gasteiger partial charge is 0.472 e. The fourth-order valence-corrected chi connectivity index (χ4v) is 15.4. The third-order valence-corrected chi connectivity index (χ3v) is 22.6. The number of carbonyl (C=O) groups excluding carboxylic acids is 4. The molecule has 0 saturated heterocycles. The zero-order valence-corrected chi connectivity index (χ0v) is 72.2. The van der Waals surface area contributed by atoms with Crippen LogP contribution in [0.3, 0.4) is 0 Å². The molecule has 0 heterocycles. The SMILES string of the molecule is CCCCCCCCCCCCCCCCCCCCCCC(=O)OC[C@H](COP(=O)(O)OC[C@@H](O)COP(=O)(O)OC[C@@H](COC(=O)CCCCCCCCCCCC)OC(=O)CCCCCCCCCCCCCCCC(C)C)OC(=O)CCCCCCCCCCCCCCCCCCCCC(C)C. The second-order valence-corrected chi connectivity index (χ2v) is 35.5. The lowest BCUT2D eigenvalue weighted by Gasteiger charge is -2.21. The highest BCUT2D eigenvalue weighted by Crippen LogP contribution is 2.45. The molecule has 0 spiro atoms. The van der Waals surface area contributed by atoms with Gasteiger partial charge in [-0.3, -0.25) is 37.3 Å². The van der Waals surface area contributed by atoms with Crippen molar-refractivity contribution in [2.45, 2.75) is 490 Å². The van der Waals surface area contributed by atoms with Gasteiger partial charge in [0.2, 0.25) is 0 Å². The van der Waals surface area contributed by atoms with E-state index < -0.39 is 97.5 Å². The van der Waals surface area contributed by atoms with Crippen molar-refractivity contribution in [2.75, 3.05) is 39.6 Å². The molecule has 0 saturated carbocycles. The fraction of sp³-hybridized carbons (Fsp3) is 0.955. The number of aliphatic hydroxyl groups excluding tert-OH is 1. The maximum Gasteiger partial charge on any atom is 0.472 e. The van der Waals surface area contributed by atoms with Crippen molar-refractivity contribution < 1.29 is 80.2 Å². The highest BCUT2D eigenvalue weighted by molar-refractivity contribution is 7.47. The standard InChI is InChI=1S/C88H172O17P2/c1-7-9-11-13-15-17-19-20-21-22-23-24-28-31-36-41-47-53-59-65-71-86(91)99-77-84(105-87(92)72-66-60-54-48-42-37-32-29-26-25-27-30-34-39-44-50-56-62-68-80(3)4)79-103-107(96,97)101-75-82(89)74-100-106(94,95)102-78-83(76-98-85(90)70-64-58-52-46-18-16-14-12-10-8-2)104-88(93)73-67-61-55-49-43-38-33-35-40-45-51-57-63-69-81(5)6/h80-84,89H,7-79H2,1-6H3,(H,94,95)(H,96,97)/t82-,83+,84+/m0/s1. The van der Waals surface area contributed by atoms with Crippen molar-refractivity contribution in [2.24, 2.45) is 11.8 Å². The molecule has 0 amide bonds. The van der Waals surface area contributed by atoms with E-state index in [0.29, 0.717) is 25.7 Å². The molecule has 0 aromatic heterocycles. The summed E-state index contributed by atoms with van der Waals surface area (Å²) in [5, 5.41) is 10.7. The fourth-order valence-electron chi connectivity index (χ4n) is 13.8. The zero-order chi connectivity index (χ0) is 78.5. The van der Waals surface area contributed by atoms with E-state index in [1.165, 1.54) is 289 Å². The molecular weight excluding hydrogens is 1390 g/mol. The van der Waals surface area contributed by atoms with E-state index in [1.807, 2.05) is 0 Å². The molecule has 17 nitrogen and oxygen atoms in total. The van der Waals surface area contributed by atoms with E-state index in [4.69, 9.17) is 37.0 Å². The van der Waals surface area contributed by atoms with E-state index in [0.717, 1.165) is 102 Å². The Morgan fingerprint density at radius 2 is 0.430 bits per heavy atom.